The van der Waals surface area contributed by atoms with Gasteiger partial charge in [-0.1, -0.05) is 87.4 Å². The Kier molecular flexibility index (Phi) is 52.4. The quantitative estimate of drug-likeness (QED) is 0.0292. The normalized spacial score (nSPS) is 15.8. The number of primary amides is 6. The number of hydrogen-bond acceptors (Lipinski definition) is 30. The number of hydrogen-bond donors (Lipinski definition) is 30. The predicted molar refractivity (Wildman–Crippen MR) is 521 cm³/mol. The summed E-state index contributed by atoms with van der Waals surface area (Å²) in [7, 11) is 0. The van der Waals surface area contributed by atoms with Crippen LogP contribution in [0, 0.1) is 29.6 Å². The van der Waals surface area contributed by atoms with Gasteiger partial charge in [0.15, 0.2) is 0 Å². The van der Waals surface area contributed by atoms with E-state index in [1.165, 1.54) is 48.5 Å². The van der Waals surface area contributed by atoms with Crippen molar-refractivity contribution in [3.63, 3.8) is 0 Å². The molecule has 59 heteroatoms. The van der Waals surface area contributed by atoms with Crippen LogP contribution in [0.15, 0.2) is 30.5 Å². The van der Waals surface area contributed by atoms with E-state index in [1.807, 2.05) is 21.3 Å². The number of aromatic amines is 1. The number of para-hydroxylation sites is 1. The van der Waals surface area contributed by atoms with E-state index >= 15 is 0 Å². The zero-order chi connectivity index (χ0) is 114. The molecule has 1 aliphatic rings. The zero-order valence-electron chi connectivity index (χ0n) is 84.8. The molecule has 0 bridgehead atoms. The Labute approximate surface area is 859 Å². The van der Waals surface area contributed by atoms with Crippen molar-refractivity contribution in [1.29, 1.82) is 0 Å². The highest BCUT2D eigenvalue weighted by Gasteiger charge is 2.45. The Bertz CT molecular complexity index is 5280. The maximum Gasteiger partial charge on any atom is 0.326 e. The number of benzene rings is 1. The summed E-state index contributed by atoms with van der Waals surface area (Å²) < 4.78 is 0. The summed E-state index contributed by atoms with van der Waals surface area (Å²) in [6.45, 7) is 15.6. The molecule has 0 spiro atoms. The number of nitrogens with two attached hydrogens (primary N) is 7. The van der Waals surface area contributed by atoms with Crippen LogP contribution in [-0.2, 0) is 141 Å². The van der Waals surface area contributed by atoms with Crippen LogP contribution < -0.4 is 131 Å². The number of carbonyl (C=O) groups excluding carboxylic acids is 24. The van der Waals surface area contributed by atoms with Crippen molar-refractivity contribution in [2.24, 2.45) is 69.7 Å². The monoisotopic (exact) mass is 2130 g/mol. The van der Waals surface area contributed by atoms with Crippen molar-refractivity contribution in [3.05, 3.63) is 36.0 Å². The van der Waals surface area contributed by atoms with Crippen LogP contribution in [0.3, 0.4) is 0 Å². The summed E-state index contributed by atoms with van der Waals surface area (Å²) in [6.07, 6.45) is -9.75. The lowest BCUT2D eigenvalue weighted by atomic mass is 9.98. The SMILES string of the molecule is CC(C)C[C@H](NC(=O)[C@H](Cc1c[nH]c2ccccc12)NC(=O)[C@H](CC(N)=O)NC(=O)[C@H](CC(C)C)NC(=O)[C@H](CCC(N)=O)NC(=O)[C@H](CCC(=O)O)NC(=O)[C@H](C)NC(=O)[C@H](CCC(N)=O)NC(=O)[C@@H](NC(=O)[C@@H](NC(=O)[C@@H]1CCCN1C(=O)[C@H](CC(N)=O)NC(=O)[C@H](CO)NC(=O)[C@H](CC(N)=O)NC(=O)[C@H](CC(=O)O)NC(=O)[C@@H](NC(=O)[C@H](CC(=O)O)NC(=O)[C@H](CC(N)=O)NC(=O)[C@H](C)N)C(C)C)C(C)C)C(C)C)C(=O)O. The van der Waals surface area contributed by atoms with Crippen LogP contribution in [-0.4, -0.2) is 329 Å². The first-order valence-electron chi connectivity index (χ1n) is 47.8. The molecule has 24 amide bonds. The fourth-order valence-corrected chi connectivity index (χ4v) is 15.2. The van der Waals surface area contributed by atoms with Crippen molar-refractivity contribution in [1.82, 2.24) is 100 Å². The standard InChI is InChI=1S/C91H140N26O33/c1-37(2)26-50(78(136)107-53(30-64(96)122)81(139)106-51(79(137)112-58(91(149)150)27-38(3)4)28-44-35-99-46-17-14-13-16-45(44)46)105-77(135)48(20-23-62(94)120)102-76(134)49(21-24-67(125)126)101-74(132)43(12)100-75(133)47(19-22-61(93)119)103-87(145)71(40(7)8)116-89(147)72(41(9)10)115-86(144)60-18-15-25-117(60)90(148)57(32-66(98)124)111-85(143)59(36-118)113-82(140)54(31-65(97)123)108-83(141)55(33-68(127)128)110-88(146)70(39(5)6)114-84(142)56(34-69(129)130)109-80(138)52(29-63(95)121)104-73(131)42(11)92/h13-14,16-17,35,37-43,47-60,70-72,99,118H,15,18-34,36,92H2,1-12H3,(H2,93,119)(H2,94,120)(H2,95,121)(H2,96,122)(H2,97,123)(H2,98,124)(H,100,133)(H,101,132)(H,102,134)(H,103,145)(H,104,131)(H,105,135)(H,106,139)(H,107,136)(H,108,141)(H,109,138)(H,110,146)(H,111,143)(H,112,137)(H,113,140)(H,114,142)(H,115,144)(H,116,147)(H,125,126)(H,127,128)(H,129,130)(H,149,150)/t42-,43-,47-,48-,49-,50-,51-,52-,53-,54-,55-,56-,57-,58-,59-,60-,70-,71-,72-/m0/s1. The van der Waals surface area contributed by atoms with E-state index in [0.717, 1.165) is 11.8 Å². The van der Waals surface area contributed by atoms with Crippen molar-refractivity contribution in [3.8, 4) is 0 Å². The van der Waals surface area contributed by atoms with E-state index < -0.39 is 388 Å². The van der Waals surface area contributed by atoms with Gasteiger partial charge in [-0.05, 0) is 100 Å². The third-order valence-corrected chi connectivity index (χ3v) is 23.0. The molecule has 1 aromatic heterocycles. The highest BCUT2D eigenvalue weighted by molar-refractivity contribution is 6.05. The number of carboxylic acids is 4. The molecule has 0 saturated carbocycles. The fourth-order valence-electron chi connectivity index (χ4n) is 15.2. The Morgan fingerprint density at radius 1 is 0.340 bits per heavy atom. The summed E-state index contributed by atoms with van der Waals surface area (Å²) >= 11 is 0. The van der Waals surface area contributed by atoms with Gasteiger partial charge in [-0.3, -0.25) is 129 Å². The zero-order valence-corrected chi connectivity index (χ0v) is 84.8. The van der Waals surface area contributed by atoms with Crippen molar-refractivity contribution < 1.29 is 160 Å². The van der Waals surface area contributed by atoms with E-state index in [0.29, 0.717) is 16.5 Å². The number of carboxylic acid groups (broad SMARTS) is 4. The lowest BCUT2D eigenvalue weighted by molar-refractivity contribution is -0.144. The molecule has 1 fully saturated rings. The van der Waals surface area contributed by atoms with Gasteiger partial charge in [0.1, 0.15) is 109 Å². The fraction of sp³-hybridized carbons (Fsp3) is 0.604. The van der Waals surface area contributed by atoms with Gasteiger partial charge in [-0.15, -0.1) is 0 Å². The summed E-state index contributed by atoms with van der Waals surface area (Å²) in [5.74, 6) is -39.3. The highest BCUT2D eigenvalue weighted by atomic mass is 16.4. The van der Waals surface area contributed by atoms with Crippen molar-refractivity contribution in [2.75, 3.05) is 13.2 Å². The maximum atomic E-state index is 14.6. The number of amides is 24. The van der Waals surface area contributed by atoms with E-state index in [9.17, 15) is 160 Å². The molecule has 37 N–H and O–H groups in total. The first kappa shape index (κ1) is 128. The third kappa shape index (κ3) is 43.9. The molecular formula is C91H140N26O33. The molecule has 832 valence electrons. The number of carbonyl (C=O) groups is 28. The minimum absolute atomic E-state index is 0.0261. The molecule has 3 rings (SSSR count). The minimum atomic E-state index is -2.25. The second-order valence-corrected chi connectivity index (χ2v) is 37.9. The minimum Gasteiger partial charge on any atom is -0.481 e. The molecule has 1 aromatic carbocycles. The van der Waals surface area contributed by atoms with Crippen LogP contribution in [0.1, 0.15) is 191 Å². The molecule has 19 atom stereocenters. The second kappa shape index (κ2) is 61.5. The molecule has 0 aliphatic carbocycles. The Hall–Kier alpha value is -16.2. The number of fused-ring (bicyclic) bond motifs is 1. The first-order valence-corrected chi connectivity index (χ1v) is 47.8. The largest absolute Gasteiger partial charge is 0.481 e. The van der Waals surface area contributed by atoms with Crippen molar-refractivity contribution in [2.45, 2.75) is 307 Å². The van der Waals surface area contributed by atoms with Gasteiger partial charge in [-0.25, -0.2) is 4.79 Å². The number of aromatic nitrogens is 1. The van der Waals surface area contributed by atoms with Gasteiger partial charge in [-0.2, -0.15) is 0 Å². The number of rotatable bonds is 67. The van der Waals surface area contributed by atoms with Gasteiger partial charge in [0.05, 0.1) is 51.2 Å². The number of aliphatic hydroxyl groups excluding tert-OH is 1. The summed E-state index contributed by atoms with van der Waals surface area (Å²) in [5, 5.41) is 88.9. The van der Waals surface area contributed by atoms with Crippen LogP contribution >= 0.6 is 0 Å². The van der Waals surface area contributed by atoms with Crippen LogP contribution in [0.5, 0.6) is 0 Å². The van der Waals surface area contributed by atoms with Gasteiger partial charge in [0.2, 0.25) is 142 Å². The number of likely N-dealkylation sites (tertiary alicyclic amines) is 1. The van der Waals surface area contributed by atoms with Gasteiger partial charge in [0.25, 0.3) is 0 Å². The van der Waals surface area contributed by atoms with E-state index in [2.05, 4.69) is 74.1 Å². The molecule has 2 heterocycles. The Morgan fingerprint density at radius 2 is 0.660 bits per heavy atom. The van der Waals surface area contributed by atoms with E-state index in [-0.39, 0.29) is 44.6 Å². The third-order valence-electron chi connectivity index (χ3n) is 23.0. The van der Waals surface area contributed by atoms with Crippen molar-refractivity contribution >= 4 is 177 Å². The van der Waals surface area contributed by atoms with Gasteiger partial charge in [0, 0.05) is 49.3 Å². The topological polar surface area (TPSA) is 985 Å². The smallest absolute Gasteiger partial charge is 0.326 e. The Balaban J connectivity index is 1.87. The molecular weight excluding hydrogens is 1990 g/mol. The average molecular weight is 2130 g/mol. The number of nitrogens with zero attached hydrogens (tertiary/aromatic N) is 1. The summed E-state index contributed by atoms with van der Waals surface area (Å²) in [6, 6.07) is -27.5. The van der Waals surface area contributed by atoms with Gasteiger partial charge < -0.3 is 166 Å². The molecule has 0 unspecified atom stereocenters. The van der Waals surface area contributed by atoms with E-state index in [1.54, 1.807) is 58.2 Å². The summed E-state index contributed by atoms with van der Waals surface area (Å²) in [4.78, 5) is 380. The molecule has 150 heavy (non-hydrogen) atoms. The first-order chi connectivity index (χ1) is 69.9. The molecule has 2 aromatic rings. The number of H-pyrrole nitrogens is 1. The van der Waals surface area contributed by atoms with Gasteiger partial charge >= 0.3 is 23.9 Å². The van der Waals surface area contributed by atoms with E-state index in [4.69, 9.17) is 40.1 Å². The van der Waals surface area contributed by atoms with Crippen LogP contribution in [0.4, 0.5) is 0 Å². The number of aliphatic hydroxyl groups is 1. The predicted octanol–water partition coefficient (Wildman–Crippen LogP) is -11.7. The summed E-state index contributed by atoms with van der Waals surface area (Å²) in [5.41, 5.74) is 39.3. The molecule has 0 radical (unpaired) electrons. The molecule has 59 nitrogen and oxygen atoms in total. The van der Waals surface area contributed by atoms with Crippen LogP contribution in [0.2, 0.25) is 0 Å². The maximum absolute atomic E-state index is 14.6. The van der Waals surface area contributed by atoms with Crippen LogP contribution in [0.25, 0.3) is 10.9 Å². The highest BCUT2D eigenvalue weighted by Crippen LogP contribution is 2.24. The number of aliphatic carboxylic acids is 4. The molecule has 1 aliphatic heterocycles. The number of nitrogens with one attached hydrogen (secondary N) is 18. The Morgan fingerprint density at radius 3 is 1.08 bits per heavy atom. The molecule has 1 saturated heterocycles. The average Bonchev–Trinajstić information content (AvgIpc) is 1.68. The second-order valence-electron chi connectivity index (χ2n) is 37.9. The lowest BCUT2D eigenvalue weighted by Crippen LogP contribution is -2.62. The lowest BCUT2D eigenvalue weighted by Gasteiger charge is -2.32.